The first kappa shape index (κ1) is 24.1. The molecule has 10 nitrogen and oxygen atoms in total. The summed E-state index contributed by atoms with van der Waals surface area (Å²) >= 11 is 0. The zero-order valence-electron chi connectivity index (χ0n) is 18.2. The second-order valence-electron chi connectivity index (χ2n) is 7.47. The van der Waals surface area contributed by atoms with Gasteiger partial charge in [0.1, 0.15) is 24.1 Å². The van der Waals surface area contributed by atoms with Crippen molar-refractivity contribution in [2.75, 3.05) is 6.26 Å². The summed E-state index contributed by atoms with van der Waals surface area (Å²) in [4.78, 5) is 25.5. The van der Waals surface area contributed by atoms with E-state index < -0.39 is 38.8 Å². The Hall–Kier alpha value is -4.07. The van der Waals surface area contributed by atoms with Gasteiger partial charge in [0.15, 0.2) is 15.7 Å². The maximum atomic E-state index is 13.0. The number of aromatic nitrogens is 5. The van der Waals surface area contributed by atoms with Gasteiger partial charge in [0.2, 0.25) is 0 Å². The molecule has 1 amide bonds. The first-order chi connectivity index (χ1) is 16.4. The lowest BCUT2D eigenvalue weighted by Crippen LogP contribution is -2.29. The SMILES string of the molecule is CC(NC(=O)c1cc(OC(F)(F)F)cc(S(C)(=O)=O)c1)c1nc2ccccc2nc1-n1cncn1. The van der Waals surface area contributed by atoms with Crippen LogP contribution in [0.5, 0.6) is 5.75 Å². The molecule has 4 aromatic rings. The smallest absolute Gasteiger partial charge is 0.406 e. The quantitative estimate of drug-likeness (QED) is 0.423. The summed E-state index contributed by atoms with van der Waals surface area (Å²) in [6.45, 7) is 1.59. The largest absolute Gasteiger partial charge is 0.573 e. The van der Waals surface area contributed by atoms with Crippen LogP contribution < -0.4 is 10.1 Å². The molecule has 0 fully saturated rings. The number of benzene rings is 2. The minimum Gasteiger partial charge on any atom is -0.406 e. The number of hydrogen-bond donors (Lipinski definition) is 1. The standard InChI is InChI=1S/C21H17F3N6O4S/c1-12(18-19(30-11-25-10-26-30)29-17-6-4-3-5-16(17)28-18)27-20(31)13-7-14(34-21(22,23)24)9-15(8-13)35(2,32)33/h3-12H,1-2H3,(H,27,31). The number of para-hydroxylation sites is 2. The van der Waals surface area contributed by atoms with Crippen LogP contribution >= 0.6 is 0 Å². The summed E-state index contributed by atoms with van der Waals surface area (Å²) in [6.07, 6.45) is -1.58. The molecule has 35 heavy (non-hydrogen) atoms. The van der Waals surface area contributed by atoms with E-state index in [9.17, 15) is 26.4 Å². The Labute approximate surface area is 196 Å². The third kappa shape index (κ3) is 5.54. The molecule has 0 spiro atoms. The summed E-state index contributed by atoms with van der Waals surface area (Å²) in [6, 6.07) is 8.66. The molecule has 2 aromatic carbocycles. The fraction of sp³-hybridized carbons (Fsp3) is 0.190. The molecular formula is C21H17F3N6O4S. The fourth-order valence-electron chi connectivity index (χ4n) is 3.24. The van der Waals surface area contributed by atoms with Gasteiger partial charge in [-0.25, -0.2) is 28.1 Å². The normalized spacial score (nSPS) is 12.9. The van der Waals surface area contributed by atoms with Crippen LogP contribution in [0.4, 0.5) is 13.2 Å². The predicted octanol–water partition coefficient (Wildman–Crippen LogP) is 3.00. The summed E-state index contributed by atoms with van der Waals surface area (Å²) in [5.41, 5.74) is 1.05. The van der Waals surface area contributed by atoms with Gasteiger partial charge in [-0.3, -0.25) is 4.79 Å². The van der Waals surface area contributed by atoms with Crippen molar-refractivity contribution in [3.05, 3.63) is 66.4 Å². The van der Waals surface area contributed by atoms with Crippen molar-refractivity contribution in [2.45, 2.75) is 24.2 Å². The highest BCUT2D eigenvalue weighted by atomic mass is 32.2. The second-order valence-corrected chi connectivity index (χ2v) is 9.49. The lowest BCUT2D eigenvalue weighted by molar-refractivity contribution is -0.274. The summed E-state index contributed by atoms with van der Waals surface area (Å²) in [5, 5.41) is 6.67. The molecule has 2 heterocycles. The Morgan fingerprint density at radius 3 is 2.40 bits per heavy atom. The van der Waals surface area contributed by atoms with Gasteiger partial charge >= 0.3 is 6.36 Å². The Kier molecular flexibility index (Phi) is 6.15. The van der Waals surface area contributed by atoms with Crippen LogP contribution in [0.3, 0.4) is 0 Å². The van der Waals surface area contributed by atoms with E-state index in [2.05, 4.69) is 30.1 Å². The fourth-order valence-corrected chi connectivity index (χ4v) is 3.91. The van der Waals surface area contributed by atoms with Crippen molar-refractivity contribution in [3.8, 4) is 11.6 Å². The van der Waals surface area contributed by atoms with Crippen LogP contribution in [0.15, 0.2) is 60.0 Å². The number of halogens is 3. The number of sulfone groups is 1. The number of alkyl halides is 3. The molecule has 0 aliphatic carbocycles. The highest BCUT2D eigenvalue weighted by molar-refractivity contribution is 7.90. The number of ether oxygens (including phenoxy) is 1. The molecule has 0 saturated heterocycles. The molecule has 1 N–H and O–H groups in total. The van der Waals surface area contributed by atoms with E-state index >= 15 is 0 Å². The van der Waals surface area contributed by atoms with E-state index in [1.807, 2.05) is 0 Å². The topological polar surface area (TPSA) is 129 Å². The van der Waals surface area contributed by atoms with Crippen LogP contribution in [0, 0.1) is 0 Å². The molecule has 2 aromatic heterocycles. The zero-order valence-corrected chi connectivity index (χ0v) is 19.0. The predicted molar refractivity (Wildman–Crippen MR) is 117 cm³/mol. The highest BCUT2D eigenvalue weighted by Crippen LogP contribution is 2.28. The van der Waals surface area contributed by atoms with Crippen molar-refractivity contribution in [2.24, 2.45) is 0 Å². The number of carbonyl (C=O) groups excluding carboxylic acids is 1. The molecule has 0 aliphatic rings. The highest BCUT2D eigenvalue weighted by Gasteiger charge is 2.32. The van der Waals surface area contributed by atoms with Crippen molar-refractivity contribution in [3.63, 3.8) is 0 Å². The van der Waals surface area contributed by atoms with Crippen LogP contribution in [-0.4, -0.2) is 51.7 Å². The van der Waals surface area contributed by atoms with Gasteiger partial charge in [0.05, 0.1) is 22.0 Å². The summed E-state index contributed by atoms with van der Waals surface area (Å²) in [5.74, 6) is -1.42. The van der Waals surface area contributed by atoms with Crippen LogP contribution in [0.2, 0.25) is 0 Å². The molecule has 1 unspecified atom stereocenters. The minimum absolute atomic E-state index is 0.278. The molecular weight excluding hydrogens is 489 g/mol. The Morgan fingerprint density at radius 2 is 1.80 bits per heavy atom. The van der Waals surface area contributed by atoms with Crippen molar-refractivity contribution in [1.82, 2.24) is 30.0 Å². The molecule has 182 valence electrons. The van der Waals surface area contributed by atoms with Crippen LogP contribution in [0.1, 0.15) is 29.0 Å². The second kappa shape index (κ2) is 8.94. The summed E-state index contributed by atoms with van der Waals surface area (Å²) < 4.78 is 67.4. The van der Waals surface area contributed by atoms with Gasteiger partial charge in [0.25, 0.3) is 5.91 Å². The van der Waals surface area contributed by atoms with Gasteiger partial charge in [0, 0.05) is 11.8 Å². The third-order valence-electron chi connectivity index (χ3n) is 4.78. The van der Waals surface area contributed by atoms with Gasteiger partial charge in [-0.15, -0.1) is 13.2 Å². The maximum absolute atomic E-state index is 13.0. The first-order valence-corrected chi connectivity index (χ1v) is 11.8. The third-order valence-corrected chi connectivity index (χ3v) is 5.87. The van der Waals surface area contributed by atoms with E-state index in [-0.39, 0.29) is 11.4 Å². The molecule has 0 radical (unpaired) electrons. The molecule has 0 saturated carbocycles. The molecule has 4 rings (SSSR count). The van der Waals surface area contributed by atoms with Gasteiger partial charge in [-0.2, -0.15) is 5.10 Å². The van der Waals surface area contributed by atoms with E-state index in [0.717, 1.165) is 18.4 Å². The van der Waals surface area contributed by atoms with Gasteiger partial charge < -0.3 is 10.1 Å². The van der Waals surface area contributed by atoms with Crippen LogP contribution in [0.25, 0.3) is 16.9 Å². The average Bonchev–Trinajstić information content (AvgIpc) is 3.31. The number of amides is 1. The van der Waals surface area contributed by atoms with E-state index in [1.54, 1.807) is 31.2 Å². The molecule has 0 bridgehead atoms. The van der Waals surface area contributed by atoms with Crippen molar-refractivity contribution in [1.29, 1.82) is 0 Å². The lowest BCUT2D eigenvalue weighted by Gasteiger charge is -2.18. The number of nitrogens with one attached hydrogen (secondary N) is 1. The number of rotatable bonds is 6. The van der Waals surface area contributed by atoms with E-state index in [0.29, 0.717) is 22.8 Å². The molecule has 0 aliphatic heterocycles. The zero-order chi connectivity index (χ0) is 25.4. The maximum Gasteiger partial charge on any atom is 0.573 e. The minimum atomic E-state index is -5.08. The first-order valence-electron chi connectivity index (χ1n) is 9.94. The number of fused-ring (bicyclic) bond motifs is 1. The summed E-state index contributed by atoms with van der Waals surface area (Å²) in [7, 11) is -3.95. The van der Waals surface area contributed by atoms with Gasteiger partial charge in [-0.1, -0.05) is 12.1 Å². The monoisotopic (exact) mass is 506 g/mol. The number of nitrogens with zero attached hydrogens (tertiary/aromatic N) is 5. The Morgan fingerprint density at radius 1 is 1.11 bits per heavy atom. The van der Waals surface area contributed by atoms with Gasteiger partial charge in [-0.05, 0) is 37.3 Å². The van der Waals surface area contributed by atoms with Crippen molar-refractivity contribution >= 4 is 26.8 Å². The Balaban J connectivity index is 1.72. The van der Waals surface area contributed by atoms with E-state index in [1.165, 1.54) is 17.3 Å². The lowest BCUT2D eigenvalue weighted by atomic mass is 10.1. The molecule has 14 heteroatoms. The molecule has 1 atom stereocenters. The Bertz CT molecular complexity index is 1510. The van der Waals surface area contributed by atoms with Crippen molar-refractivity contribution < 1.29 is 31.1 Å². The van der Waals surface area contributed by atoms with E-state index in [4.69, 9.17) is 0 Å². The van der Waals surface area contributed by atoms with Crippen LogP contribution in [-0.2, 0) is 9.84 Å². The number of carbonyl (C=O) groups is 1. The average molecular weight is 506 g/mol. The number of hydrogen-bond acceptors (Lipinski definition) is 8.